The Hall–Kier alpha value is -1.64. The molecule has 0 amide bonds. The molecule has 2 aromatic carbocycles. The molecule has 0 unspecified atom stereocenters. The standard InChI is InChI=1S/C18H17BrF4N2O/c19-15-3-1-2-14(16(15)20)17(25-10-8-24-9-11-25)12-4-6-13(7-5-12)26-18(21,22)23/h1-7,17,24H,8-11H2/t17-/m1/s1. The van der Waals surface area contributed by atoms with Crippen LogP contribution in [0.2, 0.25) is 0 Å². The fraction of sp³-hybridized carbons (Fsp3) is 0.333. The minimum absolute atomic E-state index is 0.296. The fourth-order valence-corrected chi connectivity index (χ4v) is 3.49. The summed E-state index contributed by atoms with van der Waals surface area (Å²) in [5.41, 5.74) is 1.18. The van der Waals surface area contributed by atoms with E-state index in [0.29, 0.717) is 28.7 Å². The number of nitrogens with one attached hydrogen (secondary N) is 1. The maximum absolute atomic E-state index is 14.7. The number of benzene rings is 2. The van der Waals surface area contributed by atoms with E-state index in [2.05, 4.69) is 30.9 Å². The van der Waals surface area contributed by atoms with Gasteiger partial charge >= 0.3 is 6.36 Å². The highest BCUT2D eigenvalue weighted by molar-refractivity contribution is 9.10. The Balaban J connectivity index is 1.96. The summed E-state index contributed by atoms with van der Waals surface area (Å²) in [5.74, 6) is -0.665. The molecule has 0 saturated carbocycles. The molecule has 26 heavy (non-hydrogen) atoms. The van der Waals surface area contributed by atoms with Crippen molar-refractivity contribution in [3.8, 4) is 5.75 Å². The van der Waals surface area contributed by atoms with Gasteiger partial charge in [-0.25, -0.2) is 4.39 Å². The summed E-state index contributed by atoms with van der Waals surface area (Å²) < 4.78 is 56.1. The average molecular weight is 433 g/mol. The highest BCUT2D eigenvalue weighted by atomic mass is 79.9. The zero-order valence-electron chi connectivity index (χ0n) is 13.7. The van der Waals surface area contributed by atoms with E-state index in [1.54, 1.807) is 30.3 Å². The number of nitrogens with zero attached hydrogens (tertiary/aromatic N) is 1. The van der Waals surface area contributed by atoms with Crippen LogP contribution in [0.4, 0.5) is 17.6 Å². The van der Waals surface area contributed by atoms with Crippen molar-refractivity contribution >= 4 is 15.9 Å². The lowest BCUT2D eigenvalue weighted by molar-refractivity contribution is -0.274. The molecule has 1 atom stereocenters. The van der Waals surface area contributed by atoms with E-state index in [4.69, 9.17) is 0 Å². The molecule has 8 heteroatoms. The van der Waals surface area contributed by atoms with Crippen LogP contribution in [-0.4, -0.2) is 37.4 Å². The Morgan fingerprint density at radius 2 is 1.69 bits per heavy atom. The summed E-state index contributed by atoms with van der Waals surface area (Å²) in [6, 6.07) is 10.3. The van der Waals surface area contributed by atoms with Crippen molar-refractivity contribution in [1.29, 1.82) is 0 Å². The molecule has 140 valence electrons. The molecule has 0 aromatic heterocycles. The molecule has 0 spiro atoms. The van der Waals surface area contributed by atoms with Crippen LogP contribution < -0.4 is 10.1 Å². The molecule has 1 fully saturated rings. The summed E-state index contributed by atoms with van der Waals surface area (Å²) >= 11 is 3.20. The van der Waals surface area contributed by atoms with Crippen LogP contribution in [0.5, 0.6) is 5.75 Å². The van der Waals surface area contributed by atoms with E-state index in [1.165, 1.54) is 12.1 Å². The third-order valence-corrected chi connectivity index (χ3v) is 4.83. The monoisotopic (exact) mass is 432 g/mol. The Labute approximate surface area is 157 Å². The van der Waals surface area contributed by atoms with Crippen molar-refractivity contribution in [3.05, 3.63) is 63.9 Å². The van der Waals surface area contributed by atoms with Gasteiger partial charge in [-0.2, -0.15) is 0 Å². The van der Waals surface area contributed by atoms with Crippen LogP contribution in [0.25, 0.3) is 0 Å². The van der Waals surface area contributed by atoms with Gasteiger partial charge in [-0.3, -0.25) is 4.90 Å². The molecule has 0 aliphatic carbocycles. The zero-order valence-corrected chi connectivity index (χ0v) is 15.3. The maximum Gasteiger partial charge on any atom is 0.573 e. The number of alkyl halides is 3. The molecular weight excluding hydrogens is 416 g/mol. The Kier molecular flexibility index (Phi) is 5.84. The second-order valence-corrected chi connectivity index (χ2v) is 6.80. The van der Waals surface area contributed by atoms with Gasteiger partial charge in [0.2, 0.25) is 0 Å². The van der Waals surface area contributed by atoms with Crippen molar-refractivity contribution in [1.82, 2.24) is 10.2 Å². The third kappa shape index (κ3) is 4.55. The van der Waals surface area contributed by atoms with Crippen molar-refractivity contribution in [2.24, 2.45) is 0 Å². The summed E-state index contributed by atoms with van der Waals surface area (Å²) in [5, 5.41) is 3.24. The lowest BCUT2D eigenvalue weighted by atomic mass is 9.96. The lowest BCUT2D eigenvalue weighted by Gasteiger charge is -2.35. The first-order valence-electron chi connectivity index (χ1n) is 8.09. The Bertz CT molecular complexity index is 746. The number of rotatable bonds is 4. The zero-order chi connectivity index (χ0) is 18.7. The van der Waals surface area contributed by atoms with E-state index in [1.807, 2.05) is 0 Å². The van der Waals surface area contributed by atoms with Crippen LogP contribution in [0, 0.1) is 5.82 Å². The highest BCUT2D eigenvalue weighted by Crippen LogP contribution is 2.34. The third-order valence-electron chi connectivity index (χ3n) is 4.22. The predicted octanol–water partition coefficient (Wildman–Crippen LogP) is 4.48. The summed E-state index contributed by atoms with van der Waals surface area (Å²) in [4.78, 5) is 2.11. The van der Waals surface area contributed by atoms with Gasteiger partial charge in [-0.05, 0) is 39.7 Å². The molecule has 0 radical (unpaired) electrons. The van der Waals surface area contributed by atoms with Crippen LogP contribution >= 0.6 is 15.9 Å². The number of hydrogen-bond donors (Lipinski definition) is 1. The molecule has 0 bridgehead atoms. The van der Waals surface area contributed by atoms with Gasteiger partial charge in [0.05, 0.1) is 10.5 Å². The number of hydrogen-bond acceptors (Lipinski definition) is 3. The molecule has 1 aliphatic heterocycles. The molecule has 1 heterocycles. The van der Waals surface area contributed by atoms with Crippen LogP contribution in [0.1, 0.15) is 17.2 Å². The molecule has 3 rings (SSSR count). The number of halogens is 5. The van der Waals surface area contributed by atoms with Crippen molar-refractivity contribution in [2.75, 3.05) is 26.2 Å². The molecule has 1 saturated heterocycles. The molecular formula is C18H17BrF4N2O. The van der Waals surface area contributed by atoms with Crippen molar-refractivity contribution < 1.29 is 22.3 Å². The summed E-state index contributed by atoms with van der Waals surface area (Å²) in [6.07, 6.45) is -4.74. The Morgan fingerprint density at radius 3 is 2.31 bits per heavy atom. The SMILES string of the molecule is Fc1c(Br)cccc1[C@@H](c1ccc(OC(F)(F)F)cc1)N1CCNCC1. The fourth-order valence-electron chi connectivity index (χ4n) is 3.11. The van der Waals surface area contributed by atoms with Gasteiger partial charge in [0.15, 0.2) is 0 Å². The van der Waals surface area contributed by atoms with Crippen LogP contribution in [-0.2, 0) is 0 Å². The topological polar surface area (TPSA) is 24.5 Å². The summed E-state index contributed by atoms with van der Waals surface area (Å²) in [7, 11) is 0. The maximum atomic E-state index is 14.7. The second-order valence-electron chi connectivity index (χ2n) is 5.95. The second kappa shape index (κ2) is 7.94. The van der Waals surface area contributed by atoms with Crippen molar-refractivity contribution in [3.63, 3.8) is 0 Å². The molecule has 1 N–H and O–H groups in total. The van der Waals surface area contributed by atoms with E-state index in [9.17, 15) is 17.6 Å². The minimum Gasteiger partial charge on any atom is -0.406 e. The van der Waals surface area contributed by atoms with Gasteiger partial charge in [-0.1, -0.05) is 24.3 Å². The molecule has 3 nitrogen and oxygen atoms in total. The molecule has 2 aromatic rings. The molecule has 1 aliphatic rings. The first-order chi connectivity index (χ1) is 12.3. The van der Waals surface area contributed by atoms with Gasteiger partial charge in [0, 0.05) is 31.7 Å². The number of ether oxygens (including phenoxy) is 1. The van der Waals surface area contributed by atoms with Crippen LogP contribution in [0.3, 0.4) is 0 Å². The average Bonchev–Trinajstić information content (AvgIpc) is 2.60. The van der Waals surface area contributed by atoms with Gasteiger partial charge in [0.25, 0.3) is 0 Å². The van der Waals surface area contributed by atoms with Gasteiger partial charge < -0.3 is 10.1 Å². The van der Waals surface area contributed by atoms with Crippen LogP contribution in [0.15, 0.2) is 46.9 Å². The van der Waals surface area contributed by atoms with E-state index < -0.39 is 12.4 Å². The minimum atomic E-state index is -4.74. The van der Waals surface area contributed by atoms with Gasteiger partial charge in [-0.15, -0.1) is 13.2 Å². The highest BCUT2D eigenvalue weighted by Gasteiger charge is 2.31. The van der Waals surface area contributed by atoms with Gasteiger partial charge in [0.1, 0.15) is 11.6 Å². The van der Waals surface area contributed by atoms with Crippen molar-refractivity contribution in [2.45, 2.75) is 12.4 Å². The first-order valence-corrected chi connectivity index (χ1v) is 8.89. The lowest BCUT2D eigenvalue weighted by Crippen LogP contribution is -2.45. The quantitative estimate of drug-likeness (QED) is 0.720. The predicted molar refractivity (Wildman–Crippen MR) is 93.5 cm³/mol. The largest absolute Gasteiger partial charge is 0.573 e. The van der Waals surface area contributed by atoms with E-state index in [0.717, 1.165) is 13.1 Å². The van der Waals surface area contributed by atoms with E-state index in [-0.39, 0.29) is 11.6 Å². The van der Waals surface area contributed by atoms with E-state index >= 15 is 0 Å². The normalized spacial score (nSPS) is 17.1. The first kappa shape index (κ1) is 19.1. The Morgan fingerprint density at radius 1 is 1.04 bits per heavy atom. The smallest absolute Gasteiger partial charge is 0.406 e. The number of piperazine rings is 1. The summed E-state index contributed by atoms with van der Waals surface area (Å²) in [6.45, 7) is 2.94.